The summed E-state index contributed by atoms with van der Waals surface area (Å²) in [7, 11) is -1.64. The molecule has 20 heavy (non-hydrogen) atoms. The number of sulfonamides is 1. The second-order valence-electron chi connectivity index (χ2n) is 4.62. The number of hydrogen-bond acceptors (Lipinski definition) is 6. The monoisotopic (exact) mass is 320 g/mol. The molecule has 0 aromatic carbocycles. The minimum Gasteiger partial charge on any atom is -0.376 e. The highest BCUT2D eigenvalue weighted by Crippen LogP contribution is 2.25. The Morgan fingerprint density at radius 2 is 2.25 bits per heavy atom. The van der Waals surface area contributed by atoms with Crippen molar-refractivity contribution in [3.63, 3.8) is 0 Å². The van der Waals surface area contributed by atoms with Crippen LogP contribution in [0.2, 0.25) is 0 Å². The van der Waals surface area contributed by atoms with E-state index < -0.39 is 10.0 Å². The molecule has 1 aliphatic heterocycles. The van der Waals surface area contributed by atoms with Gasteiger partial charge in [0.15, 0.2) is 0 Å². The molecule has 1 fully saturated rings. The van der Waals surface area contributed by atoms with Gasteiger partial charge in [0.2, 0.25) is 10.0 Å². The van der Waals surface area contributed by atoms with E-state index in [-0.39, 0.29) is 12.6 Å². The van der Waals surface area contributed by atoms with Gasteiger partial charge in [-0.2, -0.15) is 0 Å². The molecule has 1 saturated heterocycles. The smallest absolute Gasteiger partial charge is 0.250 e. The summed E-state index contributed by atoms with van der Waals surface area (Å²) in [5.41, 5.74) is 0.988. The summed E-state index contributed by atoms with van der Waals surface area (Å²) in [6.07, 6.45) is -0.212. The third kappa shape index (κ3) is 4.00. The van der Waals surface area contributed by atoms with E-state index in [0.29, 0.717) is 30.6 Å². The molecule has 1 aliphatic rings. The van der Waals surface area contributed by atoms with Gasteiger partial charge in [-0.15, -0.1) is 11.3 Å². The zero-order chi connectivity index (χ0) is 14.6. The van der Waals surface area contributed by atoms with Gasteiger partial charge < -0.3 is 14.8 Å². The molecule has 8 heteroatoms. The lowest BCUT2D eigenvalue weighted by Gasteiger charge is -2.22. The van der Waals surface area contributed by atoms with Crippen molar-refractivity contribution in [1.82, 2.24) is 10.0 Å². The van der Waals surface area contributed by atoms with Gasteiger partial charge in [0.05, 0.1) is 25.9 Å². The van der Waals surface area contributed by atoms with Gasteiger partial charge in [-0.05, 0) is 25.6 Å². The number of thiophene rings is 1. The molecule has 2 heterocycles. The Morgan fingerprint density at radius 3 is 2.90 bits per heavy atom. The van der Waals surface area contributed by atoms with E-state index in [1.807, 2.05) is 14.0 Å². The summed E-state index contributed by atoms with van der Waals surface area (Å²) in [5.74, 6) is 0. The van der Waals surface area contributed by atoms with Crippen LogP contribution in [0.3, 0.4) is 0 Å². The lowest BCUT2D eigenvalue weighted by Crippen LogP contribution is -2.39. The molecule has 0 bridgehead atoms. The molecule has 0 saturated carbocycles. The van der Waals surface area contributed by atoms with E-state index in [1.165, 1.54) is 11.3 Å². The Hall–Kier alpha value is -0.510. The summed E-state index contributed by atoms with van der Waals surface area (Å²) in [6.45, 7) is 4.33. The third-order valence-corrected chi connectivity index (χ3v) is 6.12. The molecule has 1 unspecified atom stereocenters. The van der Waals surface area contributed by atoms with Gasteiger partial charge in [0.25, 0.3) is 0 Å². The van der Waals surface area contributed by atoms with Gasteiger partial charge in [0.1, 0.15) is 4.21 Å². The molecule has 6 nitrogen and oxygen atoms in total. The molecular formula is C12H20N2O4S2. The van der Waals surface area contributed by atoms with Crippen LogP contribution in [-0.2, 0) is 26.0 Å². The van der Waals surface area contributed by atoms with Crippen LogP contribution in [0.15, 0.2) is 10.3 Å². The van der Waals surface area contributed by atoms with Crippen LogP contribution in [-0.4, -0.2) is 47.9 Å². The van der Waals surface area contributed by atoms with Crippen LogP contribution in [0.25, 0.3) is 0 Å². The first-order chi connectivity index (χ1) is 9.53. The average molecular weight is 320 g/mol. The Labute approximate surface area is 123 Å². The summed E-state index contributed by atoms with van der Waals surface area (Å²) >= 11 is 1.29. The maximum atomic E-state index is 12.2. The van der Waals surface area contributed by atoms with E-state index in [2.05, 4.69) is 10.0 Å². The lowest BCUT2D eigenvalue weighted by atomic mass is 10.3. The van der Waals surface area contributed by atoms with E-state index >= 15 is 0 Å². The Kier molecular flexibility index (Phi) is 5.53. The van der Waals surface area contributed by atoms with Crippen molar-refractivity contribution in [1.29, 1.82) is 0 Å². The normalized spacial score (nSPS) is 20.2. The predicted molar refractivity (Wildman–Crippen MR) is 77.6 cm³/mol. The topological polar surface area (TPSA) is 76.7 Å². The highest BCUT2D eigenvalue weighted by molar-refractivity contribution is 7.91. The SMILES string of the molecule is CNCc1sc(S(=O)(=O)NCC2COCCO2)cc1C. The van der Waals surface area contributed by atoms with Crippen LogP contribution in [0.5, 0.6) is 0 Å². The largest absolute Gasteiger partial charge is 0.376 e. The molecule has 0 radical (unpaired) electrons. The van der Waals surface area contributed by atoms with Crippen molar-refractivity contribution in [3.8, 4) is 0 Å². The molecule has 1 aromatic rings. The van der Waals surface area contributed by atoms with Crippen LogP contribution in [0, 0.1) is 6.92 Å². The van der Waals surface area contributed by atoms with Gasteiger partial charge in [-0.1, -0.05) is 0 Å². The third-order valence-electron chi connectivity index (χ3n) is 2.99. The molecule has 0 spiro atoms. The van der Waals surface area contributed by atoms with E-state index in [9.17, 15) is 8.42 Å². The van der Waals surface area contributed by atoms with Crippen molar-refractivity contribution in [2.45, 2.75) is 23.8 Å². The highest BCUT2D eigenvalue weighted by atomic mass is 32.2. The van der Waals surface area contributed by atoms with Crippen molar-refractivity contribution >= 4 is 21.4 Å². The first-order valence-electron chi connectivity index (χ1n) is 6.46. The Morgan fingerprint density at radius 1 is 1.45 bits per heavy atom. The van der Waals surface area contributed by atoms with Crippen LogP contribution >= 0.6 is 11.3 Å². The lowest BCUT2D eigenvalue weighted by molar-refractivity contribution is -0.0846. The molecular weight excluding hydrogens is 300 g/mol. The minimum absolute atomic E-state index is 0.212. The second-order valence-corrected chi connectivity index (χ2v) is 7.75. The number of ether oxygens (including phenoxy) is 2. The van der Waals surface area contributed by atoms with Crippen LogP contribution in [0.4, 0.5) is 0 Å². The van der Waals surface area contributed by atoms with Crippen LogP contribution < -0.4 is 10.0 Å². The second kappa shape index (κ2) is 6.97. The molecule has 1 atom stereocenters. The molecule has 0 aliphatic carbocycles. The standard InChI is InChI=1S/C12H20N2O4S2/c1-9-5-12(19-11(9)7-13-2)20(15,16)14-6-10-8-17-3-4-18-10/h5,10,13-14H,3-4,6-8H2,1-2H3. The first-order valence-corrected chi connectivity index (χ1v) is 8.76. The molecule has 114 valence electrons. The van der Waals surface area contributed by atoms with Crippen molar-refractivity contribution in [2.24, 2.45) is 0 Å². The summed E-state index contributed by atoms with van der Waals surface area (Å²) in [4.78, 5) is 1.03. The molecule has 0 amide bonds. The number of nitrogens with one attached hydrogen (secondary N) is 2. The van der Waals surface area contributed by atoms with E-state index in [0.717, 1.165) is 10.4 Å². The van der Waals surface area contributed by atoms with Crippen molar-refractivity contribution in [2.75, 3.05) is 33.4 Å². The first kappa shape index (κ1) is 15.9. The Balaban J connectivity index is 2.00. The quantitative estimate of drug-likeness (QED) is 0.797. The average Bonchev–Trinajstić information content (AvgIpc) is 2.81. The number of rotatable bonds is 6. The number of aryl methyl sites for hydroxylation is 1. The van der Waals surface area contributed by atoms with Crippen molar-refractivity contribution in [3.05, 3.63) is 16.5 Å². The zero-order valence-corrected chi connectivity index (χ0v) is 13.3. The summed E-state index contributed by atoms with van der Waals surface area (Å²) < 4.78 is 38.0. The molecule has 2 rings (SSSR count). The minimum atomic E-state index is -3.47. The van der Waals surface area contributed by atoms with Gasteiger partial charge in [-0.3, -0.25) is 0 Å². The molecule has 1 aromatic heterocycles. The van der Waals surface area contributed by atoms with E-state index in [4.69, 9.17) is 9.47 Å². The predicted octanol–water partition coefficient (Wildman–Crippen LogP) is 0.470. The zero-order valence-electron chi connectivity index (χ0n) is 11.6. The fourth-order valence-electron chi connectivity index (χ4n) is 1.89. The van der Waals surface area contributed by atoms with Gasteiger partial charge >= 0.3 is 0 Å². The van der Waals surface area contributed by atoms with Gasteiger partial charge in [-0.25, -0.2) is 13.1 Å². The highest BCUT2D eigenvalue weighted by Gasteiger charge is 2.22. The molecule has 2 N–H and O–H groups in total. The summed E-state index contributed by atoms with van der Waals surface area (Å²) in [5, 5.41) is 3.03. The maximum absolute atomic E-state index is 12.2. The van der Waals surface area contributed by atoms with Crippen molar-refractivity contribution < 1.29 is 17.9 Å². The van der Waals surface area contributed by atoms with Crippen LogP contribution in [0.1, 0.15) is 10.4 Å². The van der Waals surface area contributed by atoms with E-state index in [1.54, 1.807) is 6.07 Å². The Bertz CT molecular complexity index is 536. The van der Waals surface area contributed by atoms with Gasteiger partial charge in [0, 0.05) is 18.0 Å². The number of hydrogen-bond donors (Lipinski definition) is 2. The maximum Gasteiger partial charge on any atom is 0.250 e. The fraction of sp³-hybridized carbons (Fsp3) is 0.667. The summed E-state index contributed by atoms with van der Waals surface area (Å²) in [6, 6.07) is 1.71. The fourth-order valence-corrected chi connectivity index (χ4v) is 4.60.